The average Bonchev–Trinajstić information content (AvgIpc) is 2.38. The summed E-state index contributed by atoms with van der Waals surface area (Å²) in [6.07, 6.45) is 3.34. The molecule has 112 valence electrons. The minimum absolute atomic E-state index is 0.0918. The smallest absolute Gasteiger partial charge is 0.241 e. The van der Waals surface area contributed by atoms with Gasteiger partial charge in [0.05, 0.1) is 0 Å². The molecule has 0 saturated carbocycles. The van der Waals surface area contributed by atoms with Gasteiger partial charge >= 0.3 is 0 Å². The van der Waals surface area contributed by atoms with Crippen molar-refractivity contribution >= 4 is 5.91 Å². The minimum Gasteiger partial charge on any atom is -0.352 e. The van der Waals surface area contributed by atoms with E-state index in [-0.39, 0.29) is 11.9 Å². The van der Waals surface area contributed by atoms with Crippen LogP contribution >= 0.6 is 0 Å². The van der Waals surface area contributed by atoms with Crippen molar-refractivity contribution in [2.75, 3.05) is 0 Å². The van der Waals surface area contributed by atoms with Crippen molar-refractivity contribution in [1.29, 1.82) is 0 Å². The Labute approximate surface area is 122 Å². The molecule has 3 heteroatoms. The van der Waals surface area contributed by atoms with Crippen molar-refractivity contribution in [3.63, 3.8) is 0 Å². The molecule has 0 aliphatic rings. The van der Waals surface area contributed by atoms with Gasteiger partial charge < -0.3 is 11.1 Å². The molecule has 3 nitrogen and oxygen atoms in total. The quantitative estimate of drug-likeness (QED) is 0.802. The molecule has 1 amide bonds. The van der Waals surface area contributed by atoms with Crippen LogP contribution in [0.1, 0.15) is 57.2 Å². The maximum atomic E-state index is 12.1. The van der Waals surface area contributed by atoms with Gasteiger partial charge in [-0.05, 0) is 31.7 Å². The van der Waals surface area contributed by atoms with Gasteiger partial charge in [0.1, 0.15) is 6.04 Å². The summed E-state index contributed by atoms with van der Waals surface area (Å²) < 4.78 is 0. The van der Waals surface area contributed by atoms with Crippen molar-refractivity contribution < 1.29 is 4.79 Å². The highest BCUT2D eigenvalue weighted by atomic mass is 16.2. The summed E-state index contributed by atoms with van der Waals surface area (Å²) in [6.45, 7) is 8.50. The van der Waals surface area contributed by atoms with E-state index in [4.69, 9.17) is 5.73 Å². The zero-order chi connectivity index (χ0) is 15.1. The molecule has 0 aromatic heterocycles. The highest BCUT2D eigenvalue weighted by Gasteiger charge is 2.17. The van der Waals surface area contributed by atoms with Crippen LogP contribution in [0.25, 0.3) is 0 Å². The molecule has 20 heavy (non-hydrogen) atoms. The normalized spacial score (nSPS) is 14.1. The topological polar surface area (TPSA) is 55.1 Å². The largest absolute Gasteiger partial charge is 0.352 e. The first-order valence-corrected chi connectivity index (χ1v) is 7.52. The second-order valence-corrected chi connectivity index (χ2v) is 6.12. The van der Waals surface area contributed by atoms with E-state index < -0.39 is 6.04 Å². The SMILES string of the molecule is Cc1ccc(C(N)C(=O)NC(C)CCCC(C)C)cc1. The van der Waals surface area contributed by atoms with Gasteiger partial charge in [0.15, 0.2) is 0 Å². The van der Waals surface area contributed by atoms with Gasteiger partial charge in [0.25, 0.3) is 0 Å². The molecule has 0 spiro atoms. The molecule has 0 radical (unpaired) electrons. The van der Waals surface area contributed by atoms with Crippen molar-refractivity contribution in [2.45, 2.75) is 59.0 Å². The summed E-state index contributed by atoms with van der Waals surface area (Å²) in [5, 5.41) is 3.00. The van der Waals surface area contributed by atoms with Crippen LogP contribution in [-0.2, 0) is 4.79 Å². The highest BCUT2D eigenvalue weighted by molar-refractivity contribution is 5.83. The molecule has 1 rings (SSSR count). The Hall–Kier alpha value is -1.35. The number of benzene rings is 1. The number of carbonyl (C=O) groups is 1. The molecule has 0 aliphatic heterocycles. The van der Waals surface area contributed by atoms with Crippen LogP contribution in [0.4, 0.5) is 0 Å². The lowest BCUT2D eigenvalue weighted by molar-refractivity contribution is -0.123. The lowest BCUT2D eigenvalue weighted by atomic mass is 10.0. The number of hydrogen-bond acceptors (Lipinski definition) is 2. The van der Waals surface area contributed by atoms with Gasteiger partial charge in [0.2, 0.25) is 5.91 Å². The van der Waals surface area contributed by atoms with Crippen LogP contribution in [0.2, 0.25) is 0 Å². The predicted molar refractivity (Wildman–Crippen MR) is 84.4 cm³/mol. The van der Waals surface area contributed by atoms with E-state index in [9.17, 15) is 4.79 Å². The molecule has 2 atom stereocenters. The van der Waals surface area contributed by atoms with Crippen LogP contribution < -0.4 is 11.1 Å². The molecule has 2 unspecified atom stereocenters. The molecule has 0 saturated heterocycles. The number of nitrogens with one attached hydrogen (secondary N) is 1. The van der Waals surface area contributed by atoms with E-state index >= 15 is 0 Å². The summed E-state index contributed by atoms with van der Waals surface area (Å²) in [4.78, 5) is 12.1. The molecular formula is C17H28N2O. The van der Waals surface area contributed by atoms with E-state index in [0.29, 0.717) is 5.92 Å². The van der Waals surface area contributed by atoms with Crippen LogP contribution in [0.5, 0.6) is 0 Å². The maximum absolute atomic E-state index is 12.1. The van der Waals surface area contributed by atoms with Gasteiger partial charge in [-0.2, -0.15) is 0 Å². The molecule has 0 heterocycles. The third kappa shape index (κ3) is 5.74. The van der Waals surface area contributed by atoms with Gasteiger partial charge in [-0.1, -0.05) is 56.5 Å². The Kier molecular flexibility index (Phi) is 6.73. The molecule has 3 N–H and O–H groups in total. The Bertz CT molecular complexity index is 412. The van der Waals surface area contributed by atoms with Crippen LogP contribution in [-0.4, -0.2) is 11.9 Å². The number of hydrogen-bond donors (Lipinski definition) is 2. The number of nitrogens with two attached hydrogens (primary N) is 1. The van der Waals surface area contributed by atoms with E-state index in [1.165, 1.54) is 12.0 Å². The molecular weight excluding hydrogens is 248 g/mol. The molecule has 0 bridgehead atoms. The summed E-state index contributed by atoms with van der Waals surface area (Å²) in [5.74, 6) is 0.624. The Morgan fingerprint density at radius 1 is 1.15 bits per heavy atom. The Balaban J connectivity index is 2.43. The lowest BCUT2D eigenvalue weighted by Gasteiger charge is -2.18. The first-order valence-electron chi connectivity index (χ1n) is 7.52. The summed E-state index contributed by atoms with van der Waals surface area (Å²) in [6, 6.07) is 7.40. The van der Waals surface area contributed by atoms with E-state index in [0.717, 1.165) is 18.4 Å². The second kappa shape index (κ2) is 8.05. The summed E-state index contributed by atoms with van der Waals surface area (Å²) in [5.41, 5.74) is 8.03. The second-order valence-electron chi connectivity index (χ2n) is 6.12. The maximum Gasteiger partial charge on any atom is 0.241 e. The molecule has 1 aromatic rings. The van der Waals surface area contributed by atoms with E-state index in [1.54, 1.807) is 0 Å². The van der Waals surface area contributed by atoms with Crippen molar-refractivity contribution in [3.8, 4) is 0 Å². The highest BCUT2D eigenvalue weighted by Crippen LogP contribution is 2.13. The third-order valence-corrected chi connectivity index (χ3v) is 3.53. The first-order chi connectivity index (χ1) is 9.40. The molecule has 0 fully saturated rings. The van der Waals surface area contributed by atoms with Gasteiger partial charge in [0, 0.05) is 6.04 Å². The number of aryl methyl sites for hydroxylation is 1. The summed E-state index contributed by atoms with van der Waals surface area (Å²) >= 11 is 0. The number of rotatable bonds is 7. The Morgan fingerprint density at radius 2 is 1.75 bits per heavy atom. The van der Waals surface area contributed by atoms with Gasteiger partial charge in [-0.25, -0.2) is 0 Å². The first kappa shape index (κ1) is 16.7. The minimum atomic E-state index is -0.580. The zero-order valence-corrected chi connectivity index (χ0v) is 13.1. The van der Waals surface area contributed by atoms with Gasteiger partial charge in [-0.3, -0.25) is 4.79 Å². The van der Waals surface area contributed by atoms with Crippen molar-refractivity contribution in [2.24, 2.45) is 11.7 Å². The third-order valence-electron chi connectivity index (χ3n) is 3.53. The average molecular weight is 276 g/mol. The number of amides is 1. The number of carbonyl (C=O) groups excluding carboxylic acids is 1. The van der Waals surface area contributed by atoms with E-state index in [1.807, 2.05) is 38.1 Å². The fourth-order valence-corrected chi connectivity index (χ4v) is 2.16. The van der Waals surface area contributed by atoms with Crippen molar-refractivity contribution in [1.82, 2.24) is 5.32 Å². The van der Waals surface area contributed by atoms with E-state index in [2.05, 4.69) is 19.2 Å². The summed E-state index contributed by atoms with van der Waals surface area (Å²) in [7, 11) is 0. The standard InChI is InChI=1S/C17H28N2O/c1-12(2)6-5-7-14(4)19-17(20)16(18)15-10-8-13(3)9-11-15/h8-12,14,16H,5-7,18H2,1-4H3,(H,19,20). The van der Waals surface area contributed by atoms with Crippen LogP contribution in [0, 0.1) is 12.8 Å². The van der Waals surface area contributed by atoms with Crippen LogP contribution in [0.15, 0.2) is 24.3 Å². The predicted octanol–water partition coefficient (Wildman–Crippen LogP) is 3.33. The van der Waals surface area contributed by atoms with Gasteiger partial charge in [-0.15, -0.1) is 0 Å². The van der Waals surface area contributed by atoms with Crippen LogP contribution in [0.3, 0.4) is 0 Å². The molecule has 0 aliphatic carbocycles. The fraction of sp³-hybridized carbons (Fsp3) is 0.588. The monoisotopic (exact) mass is 276 g/mol. The Morgan fingerprint density at radius 3 is 2.30 bits per heavy atom. The zero-order valence-electron chi connectivity index (χ0n) is 13.1. The molecule has 1 aromatic carbocycles. The lowest BCUT2D eigenvalue weighted by Crippen LogP contribution is -2.39. The van der Waals surface area contributed by atoms with Crippen molar-refractivity contribution in [3.05, 3.63) is 35.4 Å². The fourth-order valence-electron chi connectivity index (χ4n) is 2.16.